The van der Waals surface area contributed by atoms with E-state index in [1.165, 1.54) is 0 Å². The summed E-state index contributed by atoms with van der Waals surface area (Å²) in [5, 5.41) is 0. The maximum absolute atomic E-state index is 4.46. The molecule has 0 amide bonds. The van der Waals surface area contributed by atoms with Gasteiger partial charge in [-0.15, -0.1) is 0 Å². The van der Waals surface area contributed by atoms with Crippen molar-refractivity contribution in [3.05, 3.63) is 35.4 Å². The summed E-state index contributed by atoms with van der Waals surface area (Å²) >= 11 is 0. The average molecular weight is 240 g/mol. The summed E-state index contributed by atoms with van der Waals surface area (Å²) in [6.07, 6.45) is 11.7. The Labute approximate surface area is 109 Å². The Balaban J connectivity index is 3.58. The van der Waals surface area contributed by atoms with E-state index >= 15 is 0 Å². The first kappa shape index (κ1) is 14.1. The van der Waals surface area contributed by atoms with Crippen molar-refractivity contribution in [2.75, 3.05) is 0 Å². The molecule has 0 fully saturated rings. The lowest BCUT2D eigenvalue weighted by atomic mass is 10.0. The number of nitrogens with zero attached hydrogens (tertiary/aromatic N) is 2. The third kappa shape index (κ3) is 3.27. The highest BCUT2D eigenvalue weighted by atomic mass is 14.8. The molecule has 0 unspecified atom stereocenters. The van der Waals surface area contributed by atoms with Crippen LogP contribution in [0.4, 0.5) is 11.4 Å². The van der Waals surface area contributed by atoms with Crippen molar-refractivity contribution in [2.24, 2.45) is 9.98 Å². The van der Waals surface area contributed by atoms with Gasteiger partial charge >= 0.3 is 0 Å². The van der Waals surface area contributed by atoms with Gasteiger partial charge in [-0.25, -0.2) is 0 Å². The lowest BCUT2D eigenvalue weighted by Gasteiger charge is -2.08. The van der Waals surface area contributed by atoms with Crippen LogP contribution in [0.25, 0.3) is 12.2 Å². The van der Waals surface area contributed by atoms with Crippen LogP contribution in [-0.4, -0.2) is 12.4 Å². The Morgan fingerprint density at radius 3 is 1.39 bits per heavy atom. The van der Waals surface area contributed by atoms with Gasteiger partial charge in [-0.05, 0) is 27.7 Å². The molecule has 18 heavy (non-hydrogen) atoms. The van der Waals surface area contributed by atoms with Gasteiger partial charge in [0.05, 0.1) is 11.4 Å². The lowest BCUT2D eigenvalue weighted by Crippen LogP contribution is -1.82. The fourth-order valence-electron chi connectivity index (χ4n) is 1.77. The van der Waals surface area contributed by atoms with Crippen molar-refractivity contribution in [1.29, 1.82) is 0 Å². The molecule has 0 aliphatic carbocycles. The van der Waals surface area contributed by atoms with E-state index in [1.54, 1.807) is 12.4 Å². The first-order valence-electron chi connectivity index (χ1n) is 6.18. The summed E-state index contributed by atoms with van der Waals surface area (Å²) in [5.41, 5.74) is 4.02. The molecule has 2 heteroatoms. The number of rotatable bonds is 4. The maximum Gasteiger partial charge on any atom is 0.0960 e. The second kappa shape index (κ2) is 7.38. The molecule has 0 atom stereocenters. The smallest absolute Gasteiger partial charge is 0.0960 e. The standard InChI is InChI=1S/C16H20N2/c1-5-9-13-11-12-14(10-6-2)16(18-8-4)15(13)17-7-3/h5-12H,1-4H3/b9-5-,10-6-,17-7-,18-8-. The molecule has 94 valence electrons. The summed E-state index contributed by atoms with van der Waals surface area (Å²) < 4.78 is 0. The van der Waals surface area contributed by atoms with E-state index in [4.69, 9.17) is 0 Å². The number of hydrogen-bond acceptors (Lipinski definition) is 2. The zero-order chi connectivity index (χ0) is 13.4. The summed E-state index contributed by atoms with van der Waals surface area (Å²) in [7, 11) is 0. The minimum Gasteiger partial charge on any atom is -0.259 e. The van der Waals surface area contributed by atoms with Crippen LogP contribution < -0.4 is 0 Å². The van der Waals surface area contributed by atoms with Crippen LogP contribution in [0.1, 0.15) is 38.8 Å². The van der Waals surface area contributed by atoms with Crippen molar-refractivity contribution in [3.8, 4) is 0 Å². The Kier molecular flexibility index (Phi) is 5.78. The summed E-state index contributed by atoms with van der Waals surface area (Å²) in [4.78, 5) is 8.93. The number of hydrogen-bond donors (Lipinski definition) is 0. The van der Waals surface area contributed by atoms with E-state index < -0.39 is 0 Å². The van der Waals surface area contributed by atoms with E-state index in [2.05, 4.69) is 34.3 Å². The molecule has 0 saturated heterocycles. The molecule has 0 heterocycles. The van der Waals surface area contributed by atoms with Crippen molar-refractivity contribution in [2.45, 2.75) is 27.7 Å². The third-order valence-electron chi connectivity index (χ3n) is 2.42. The molecule has 1 aromatic rings. The highest BCUT2D eigenvalue weighted by Crippen LogP contribution is 2.36. The van der Waals surface area contributed by atoms with E-state index in [0.29, 0.717) is 0 Å². The number of benzene rings is 1. The molecule has 1 rings (SSSR count). The van der Waals surface area contributed by atoms with Crippen LogP contribution >= 0.6 is 0 Å². The Morgan fingerprint density at radius 2 is 1.11 bits per heavy atom. The summed E-state index contributed by atoms with van der Waals surface area (Å²) in [6.45, 7) is 7.84. The van der Waals surface area contributed by atoms with Crippen LogP contribution in [-0.2, 0) is 0 Å². The van der Waals surface area contributed by atoms with Crippen LogP contribution in [0.2, 0.25) is 0 Å². The van der Waals surface area contributed by atoms with E-state index in [1.807, 2.05) is 39.8 Å². The van der Waals surface area contributed by atoms with Crippen molar-refractivity contribution >= 4 is 36.0 Å². The van der Waals surface area contributed by atoms with Gasteiger partial charge in [0.2, 0.25) is 0 Å². The highest BCUT2D eigenvalue weighted by molar-refractivity contribution is 5.86. The Morgan fingerprint density at radius 1 is 0.722 bits per heavy atom. The largest absolute Gasteiger partial charge is 0.259 e. The predicted molar refractivity (Wildman–Crippen MR) is 83.5 cm³/mol. The molecule has 0 N–H and O–H groups in total. The van der Waals surface area contributed by atoms with E-state index in [0.717, 1.165) is 22.5 Å². The fourth-order valence-corrected chi connectivity index (χ4v) is 1.77. The molecule has 0 saturated carbocycles. The SMILES string of the molecule is C/C=C\c1ccc(/C=C\C)c(/N=C\C)c1/N=C\C. The van der Waals surface area contributed by atoms with Crippen LogP contribution in [0.5, 0.6) is 0 Å². The minimum atomic E-state index is 0.921. The van der Waals surface area contributed by atoms with E-state index in [9.17, 15) is 0 Å². The van der Waals surface area contributed by atoms with Crippen molar-refractivity contribution < 1.29 is 0 Å². The van der Waals surface area contributed by atoms with E-state index in [-0.39, 0.29) is 0 Å². The van der Waals surface area contributed by atoms with Gasteiger partial charge in [-0.3, -0.25) is 9.98 Å². The van der Waals surface area contributed by atoms with Gasteiger partial charge in [-0.1, -0.05) is 36.4 Å². The first-order chi connectivity index (χ1) is 8.78. The maximum atomic E-state index is 4.46. The molecule has 0 aromatic heterocycles. The van der Waals surface area contributed by atoms with Crippen molar-refractivity contribution in [1.82, 2.24) is 0 Å². The molecule has 2 nitrogen and oxygen atoms in total. The Hall–Kier alpha value is -1.96. The molecule has 0 spiro atoms. The van der Waals surface area contributed by atoms with Crippen LogP contribution in [0.3, 0.4) is 0 Å². The number of aliphatic imine (C=N–C) groups is 2. The van der Waals surface area contributed by atoms with Crippen LogP contribution in [0.15, 0.2) is 34.3 Å². The minimum absolute atomic E-state index is 0.921. The molecular formula is C16H20N2. The lowest BCUT2D eigenvalue weighted by molar-refractivity contribution is 1.42. The molecule has 0 radical (unpaired) electrons. The van der Waals surface area contributed by atoms with Gasteiger partial charge in [0.15, 0.2) is 0 Å². The summed E-state index contributed by atoms with van der Waals surface area (Å²) in [6, 6.07) is 4.15. The van der Waals surface area contributed by atoms with Gasteiger partial charge in [-0.2, -0.15) is 0 Å². The predicted octanol–water partition coefficient (Wildman–Crippen LogP) is 5.20. The van der Waals surface area contributed by atoms with Crippen molar-refractivity contribution in [3.63, 3.8) is 0 Å². The normalized spacial score (nSPS) is 12.7. The average Bonchev–Trinajstić information content (AvgIpc) is 2.37. The molecular weight excluding hydrogens is 220 g/mol. The zero-order valence-electron chi connectivity index (χ0n) is 11.5. The van der Waals surface area contributed by atoms with Crippen LogP contribution in [0, 0.1) is 0 Å². The highest BCUT2D eigenvalue weighted by Gasteiger charge is 2.08. The second-order valence-electron chi connectivity index (χ2n) is 3.72. The molecule has 1 aromatic carbocycles. The van der Waals surface area contributed by atoms with Gasteiger partial charge < -0.3 is 0 Å². The molecule has 0 aliphatic rings. The van der Waals surface area contributed by atoms with Gasteiger partial charge in [0.25, 0.3) is 0 Å². The van der Waals surface area contributed by atoms with Gasteiger partial charge in [0, 0.05) is 23.6 Å². The summed E-state index contributed by atoms with van der Waals surface area (Å²) in [5.74, 6) is 0. The quantitative estimate of drug-likeness (QED) is 0.646. The zero-order valence-corrected chi connectivity index (χ0v) is 11.5. The third-order valence-corrected chi connectivity index (χ3v) is 2.42. The van der Waals surface area contributed by atoms with Gasteiger partial charge in [0.1, 0.15) is 0 Å². The first-order valence-corrected chi connectivity index (χ1v) is 6.18. The fraction of sp³-hybridized carbons (Fsp3) is 0.250. The monoisotopic (exact) mass is 240 g/mol. The second-order valence-corrected chi connectivity index (χ2v) is 3.72. The molecule has 0 aliphatic heterocycles. The molecule has 0 bridgehead atoms. The Bertz CT molecular complexity index is 459. The number of allylic oxidation sites excluding steroid dienone is 2. The topological polar surface area (TPSA) is 24.7 Å².